The van der Waals surface area contributed by atoms with Crippen molar-refractivity contribution in [3.05, 3.63) is 35.6 Å². The molecule has 0 radical (unpaired) electrons. The highest BCUT2D eigenvalue weighted by Gasteiger charge is 2.25. The second-order valence-electron chi connectivity index (χ2n) is 3.89. The maximum Gasteiger partial charge on any atom is 0.128 e. The van der Waals surface area contributed by atoms with Gasteiger partial charge in [-0.3, -0.25) is 0 Å². The van der Waals surface area contributed by atoms with Crippen LogP contribution in [0.4, 0.5) is 4.39 Å². The van der Waals surface area contributed by atoms with Crippen LogP contribution < -0.4 is 0 Å². The summed E-state index contributed by atoms with van der Waals surface area (Å²) in [5.41, 5.74) is 0.643. The fourth-order valence-corrected chi connectivity index (χ4v) is 2.62. The molecule has 0 spiro atoms. The lowest BCUT2D eigenvalue weighted by atomic mass is 10.2. The van der Waals surface area contributed by atoms with Crippen molar-refractivity contribution in [3.63, 3.8) is 0 Å². The normalized spacial score (nSPS) is 25.7. The third-order valence-corrected chi connectivity index (χ3v) is 3.83. The lowest BCUT2D eigenvalue weighted by Crippen LogP contribution is -2.17. The van der Waals surface area contributed by atoms with Crippen molar-refractivity contribution < 1.29 is 9.13 Å². The minimum absolute atomic E-state index is 0.179. The number of hydrogen-bond donors (Lipinski definition) is 0. The molecule has 2 atom stereocenters. The smallest absolute Gasteiger partial charge is 0.128 e. The Morgan fingerprint density at radius 3 is 2.80 bits per heavy atom. The van der Waals surface area contributed by atoms with Crippen LogP contribution in [-0.4, -0.2) is 10.9 Å². The number of ether oxygens (including phenoxy) is 1. The van der Waals surface area contributed by atoms with Crippen LogP contribution >= 0.6 is 15.9 Å². The van der Waals surface area contributed by atoms with Gasteiger partial charge in [0.15, 0.2) is 0 Å². The molecule has 1 aliphatic rings. The highest BCUT2D eigenvalue weighted by molar-refractivity contribution is 9.09. The predicted molar refractivity (Wildman–Crippen MR) is 61.5 cm³/mol. The van der Waals surface area contributed by atoms with E-state index in [1.165, 1.54) is 12.5 Å². The molecule has 0 amide bonds. The molecular weight excluding hydrogens is 259 g/mol. The van der Waals surface area contributed by atoms with Gasteiger partial charge in [0.2, 0.25) is 0 Å². The minimum atomic E-state index is -0.179. The van der Waals surface area contributed by atoms with Crippen LogP contribution in [0.2, 0.25) is 0 Å². The third-order valence-electron chi connectivity index (χ3n) is 2.78. The maximum absolute atomic E-state index is 13.3. The topological polar surface area (TPSA) is 9.23 Å². The molecule has 2 rings (SSSR count). The highest BCUT2D eigenvalue weighted by Crippen LogP contribution is 2.28. The van der Waals surface area contributed by atoms with E-state index >= 15 is 0 Å². The second kappa shape index (κ2) is 5.08. The molecule has 0 aromatic heterocycles. The van der Waals surface area contributed by atoms with Crippen LogP contribution in [0, 0.1) is 5.82 Å². The van der Waals surface area contributed by atoms with Gasteiger partial charge in [-0.1, -0.05) is 34.1 Å². The Balaban J connectivity index is 1.90. The molecule has 1 fully saturated rings. The Morgan fingerprint density at radius 2 is 2.13 bits per heavy atom. The number of halogens is 2. The summed E-state index contributed by atoms with van der Waals surface area (Å²) in [7, 11) is 0. The first kappa shape index (κ1) is 11.1. The van der Waals surface area contributed by atoms with Gasteiger partial charge < -0.3 is 4.74 Å². The second-order valence-corrected chi connectivity index (χ2v) is 5.06. The monoisotopic (exact) mass is 272 g/mol. The summed E-state index contributed by atoms with van der Waals surface area (Å²) < 4.78 is 19.0. The van der Waals surface area contributed by atoms with Crippen LogP contribution in [0.5, 0.6) is 0 Å². The summed E-state index contributed by atoms with van der Waals surface area (Å²) in [5.74, 6) is -0.179. The van der Waals surface area contributed by atoms with Crippen LogP contribution in [-0.2, 0) is 11.3 Å². The fraction of sp³-hybridized carbons (Fsp3) is 0.500. The van der Waals surface area contributed by atoms with E-state index in [2.05, 4.69) is 15.9 Å². The van der Waals surface area contributed by atoms with E-state index in [1.54, 1.807) is 12.1 Å². The number of rotatable bonds is 3. The van der Waals surface area contributed by atoms with Crippen LogP contribution in [0.15, 0.2) is 24.3 Å². The van der Waals surface area contributed by atoms with E-state index in [9.17, 15) is 4.39 Å². The molecule has 1 aromatic carbocycles. The Morgan fingerprint density at radius 1 is 1.33 bits per heavy atom. The molecular formula is C12H14BrFO. The van der Waals surface area contributed by atoms with Crippen molar-refractivity contribution in [2.24, 2.45) is 0 Å². The molecule has 0 heterocycles. The van der Waals surface area contributed by atoms with Gasteiger partial charge >= 0.3 is 0 Å². The molecule has 1 aliphatic carbocycles. The number of alkyl halides is 1. The minimum Gasteiger partial charge on any atom is -0.372 e. The van der Waals surface area contributed by atoms with E-state index in [4.69, 9.17) is 4.74 Å². The van der Waals surface area contributed by atoms with Crippen molar-refractivity contribution in [2.75, 3.05) is 0 Å². The Bertz CT molecular complexity index is 329. The number of hydrogen-bond acceptors (Lipinski definition) is 1. The van der Waals surface area contributed by atoms with Gasteiger partial charge in [0.05, 0.1) is 12.7 Å². The lowest BCUT2D eigenvalue weighted by molar-refractivity contribution is 0.0483. The lowest BCUT2D eigenvalue weighted by Gasteiger charge is -2.15. The molecule has 1 aromatic rings. The van der Waals surface area contributed by atoms with Crippen LogP contribution in [0.25, 0.3) is 0 Å². The van der Waals surface area contributed by atoms with Gasteiger partial charge in [0.25, 0.3) is 0 Å². The number of benzene rings is 1. The van der Waals surface area contributed by atoms with E-state index in [1.807, 2.05) is 6.07 Å². The molecule has 1 nitrogen and oxygen atoms in total. The summed E-state index contributed by atoms with van der Waals surface area (Å²) in [6.07, 6.45) is 3.66. The average Bonchev–Trinajstić information content (AvgIpc) is 2.63. The van der Waals surface area contributed by atoms with E-state index < -0.39 is 0 Å². The molecule has 1 saturated carbocycles. The third kappa shape index (κ3) is 2.79. The molecule has 0 saturated heterocycles. The molecule has 2 unspecified atom stereocenters. The molecule has 15 heavy (non-hydrogen) atoms. The first-order chi connectivity index (χ1) is 7.27. The molecule has 0 N–H and O–H groups in total. The summed E-state index contributed by atoms with van der Waals surface area (Å²) in [5, 5.41) is 0. The molecule has 0 aliphatic heterocycles. The van der Waals surface area contributed by atoms with Gasteiger partial charge in [-0.05, 0) is 25.3 Å². The Labute approximate surface area is 97.8 Å². The van der Waals surface area contributed by atoms with Crippen molar-refractivity contribution in [1.82, 2.24) is 0 Å². The zero-order valence-corrected chi connectivity index (χ0v) is 10.0. The van der Waals surface area contributed by atoms with E-state index in [0.717, 1.165) is 12.8 Å². The van der Waals surface area contributed by atoms with Crippen molar-refractivity contribution in [3.8, 4) is 0 Å². The van der Waals surface area contributed by atoms with Crippen molar-refractivity contribution in [1.29, 1.82) is 0 Å². The summed E-state index contributed by atoms with van der Waals surface area (Å²) >= 11 is 3.58. The van der Waals surface area contributed by atoms with Gasteiger partial charge in [-0.25, -0.2) is 4.39 Å². The highest BCUT2D eigenvalue weighted by atomic mass is 79.9. The summed E-state index contributed by atoms with van der Waals surface area (Å²) in [4.78, 5) is 0.435. The van der Waals surface area contributed by atoms with Crippen molar-refractivity contribution in [2.45, 2.75) is 36.8 Å². The van der Waals surface area contributed by atoms with Gasteiger partial charge in [-0.2, -0.15) is 0 Å². The first-order valence-electron chi connectivity index (χ1n) is 5.26. The fourth-order valence-electron chi connectivity index (χ4n) is 1.88. The SMILES string of the molecule is Fc1ccccc1COC1CCCC1Br. The van der Waals surface area contributed by atoms with Crippen LogP contribution in [0.3, 0.4) is 0 Å². The maximum atomic E-state index is 13.3. The van der Waals surface area contributed by atoms with Gasteiger partial charge in [0.1, 0.15) is 5.82 Å². The largest absolute Gasteiger partial charge is 0.372 e. The van der Waals surface area contributed by atoms with Crippen molar-refractivity contribution >= 4 is 15.9 Å². The molecule has 82 valence electrons. The zero-order chi connectivity index (χ0) is 10.7. The predicted octanol–water partition coefficient (Wildman–Crippen LogP) is 3.66. The zero-order valence-electron chi connectivity index (χ0n) is 8.46. The van der Waals surface area contributed by atoms with E-state index in [0.29, 0.717) is 17.0 Å². The van der Waals surface area contributed by atoms with Gasteiger partial charge in [0, 0.05) is 10.4 Å². The molecule has 3 heteroatoms. The van der Waals surface area contributed by atoms with Gasteiger partial charge in [-0.15, -0.1) is 0 Å². The summed E-state index contributed by atoms with van der Waals surface area (Å²) in [6, 6.07) is 6.77. The quantitative estimate of drug-likeness (QED) is 0.764. The molecule has 0 bridgehead atoms. The Hall–Kier alpha value is -0.410. The first-order valence-corrected chi connectivity index (χ1v) is 6.18. The average molecular weight is 273 g/mol. The summed E-state index contributed by atoms with van der Waals surface area (Å²) in [6.45, 7) is 0.374. The van der Waals surface area contributed by atoms with E-state index in [-0.39, 0.29) is 11.9 Å². The van der Waals surface area contributed by atoms with Crippen LogP contribution in [0.1, 0.15) is 24.8 Å². The standard InChI is InChI=1S/C12H14BrFO/c13-10-5-3-7-12(10)15-8-9-4-1-2-6-11(9)14/h1-2,4,6,10,12H,3,5,7-8H2. The Kier molecular flexibility index (Phi) is 3.76.